The molecule has 1 heterocycles. The van der Waals surface area contributed by atoms with Crippen molar-refractivity contribution in [2.75, 3.05) is 26.6 Å². The highest BCUT2D eigenvalue weighted by Gasteiger charge is 2.36. The second-order valence-electron chi connectivity index (χ2n) is 9.08. The number of para-hydroxylation sites is 1. The number of nitrogens with zero attached hydrogens (tertiary/aromatic N) is 1. The number of amides is 2. The fourth-order valence-corrected chi connectivity index (χ4v) is 5.00. The number of methoxy groups -OCH3 is 3. The smallest absolute Gasteiger partial charge is 0.276 e. The van der Waals surface area contributed by atoms with Crippen LogP contribution in [-0.4, -0.2) is 38.2 Å². The van der Waals surface area contributed by atoms with Gasteiger partial charge in [0.15, 0.2) is 11.5 Å². The summed E-state index contributed by atoms with van der Waals surface area (Å²) in [5.41, 5.74) is 5.77. The summed E-state index contributed by atoms with van der Waals surface area (Å²) < 4.78 is 23.0. The third-order valence-corrected chi connectivity index (χ3v) is 7.31. The van der Waals surface area contributed by atoms with E-state index >= 15 is 0 Å². The molecule has 210 valence electrons. The van der Waals surface area contributed by atoms with Crippen molar-refractivity contribution in [2.45, 2.75) is 12.8 Å². The van der Waals surface area contributed by atoms with Crippen molar-refractivity contribution in [1.82, 2.24) is 10.4 Å². The fraction of sp³-hybridized carbons (Fsp3) is 0.161. The number of hydrogen-bond acceptors (Lipinski definition) is 7. The highest BCUT2D eigenvalue weighted by atomic mass is 79.9. The molecule has 0 fully saturated rings. The molecule has 0 radical (unpaired) electrons. The highest BCUT2D eigenvalue weighted by Crippen LogP contribution is 2.39. The van der Waals surface area contributed by atoms with Gasteiger partial charge in [-0.2, -0.15) is 0 Å². The molecule has 10 heteroatoms. The Balaban J connectivity index is 1.49. The standard InChI is InChI=1S/C31H28BrN3O6/c1-38-26-15-20(16-27(39-2)28(26)40-3)30(36)34-35-29(33-25-12-8-7-11-22(25)31(35)37)23-17-21(13-14-24(23)32)41-18-19-9-5-4-6-10-19/h4-17,29,33H,18H2,1-3H3,(H,34,36)/t29-/m1/s1. The Bertz CT molecular complexity index is 1550. The largest absolute Gasteiger partial charge is 0.493 e. The number of anilines is 1. The average molecular weight is 618 g/mol. The first-order valence-corrected chi connectivity index (χ1v) is 13.5. The van der Waals surface area contributed by atoms with Gasteiger partial charge in [0.05, 0.1) is 26.9 Å². The molecule has 4 aromatic carbocycles. The summed E-state index contributed by atoms with van der Waals surface area (Å²) in [6.07, 6.45) is -0.766. The van der Waals surface area contributed by atoms with Gasteiger partial charge in [0, 0.05) is 21.3 Å². The number of hydrazine groups is 1. The van der Waals surface area contributed by atoms with Gasteiger partial charge >= 0.3 is 0 Å². The zero-order valence-corrected chi connectivity index (χ0v) is 24.2. The molecule has 9 nitrogen and oxygen atoms in total. The van der Waals surface area contributed by atoms with E-state index in [1.807, 2.05) is 60.7 Å². The maximum atomic E-state index is 13.8. The van der Waals surface area contributed by atoms with Crippen molar-refractivity contribution in [3.05, 3.63) is 112 Å². The molecule has 0 unspecified atom stereocenters. The minimum Gasteiger partial charge on any atom is -0.493 e. The number of carbonyl (C=O) groups excluding carboxylic acids is 2. The Kier molecular flexibility index (Phi) is 8.30. The van der Waals surface area contributed by atoms with E-state index < -0.39 is 12.1 Å². The number of hydrogen-bond donors (Lipinski definition) is 2. The van der Waals surface area contributed by atoms with Crippen molar-refractivity contribution < 1.29 is 28.5 Å². The van der Waals surface area contributed by atoms with E-state index in [1.54, 1.807) is 12.1 Å². The minimum atomic E-state index is -0.766. The predicted octanol–water partition coefficient (Wildman–Crippen LogP) is 5.97. The molecular weight excluding hydrogens is 590 g/mol. The van der Waals surface area contributed by atoms with E-state index in [0.29, 0.717) is 46.4 Å². The van der Waals surface area contributed by atoms with Crippen LogP contribution in [0.3, 0.4) is 0 Å². The van der Waals surface area contributed by atoms with Crippen LogP contribution in [-0.2, 0) is 6.61 Å². The van der Waals surface area contributed by atoms with Gasteiger partial charge in [0.1, 0.15) is 18.5 Å². The van der Waals surface area contributed by atoms with Crippen LogP contribution >= 0.6 is 15.9 Å². The molecule has 0 bridgehead atoms. The maximum Gasteiger partial charge on any atom is 0.276 e. The van der Waals surface area contributed by atoms with Gasteiger partial charge < -0.3 is 24.3 Å². The van der Waals surface area contributed by atoms with Gasteiger partial charge in [-0.25, -0.2) is 5.01 Å². The topological polar surface area (TPSA) is 98.4 Å². The fourth-order valence-electron chi connectivity index (χ4n) is 4.53. The lowest BCUT2D eigenvalue weighted by molar-refractivity contribution is 0.0489. The molecule has 1 atom stereocenters. The van der Waals surface area contributed by atoms with Crippen molar-refractivity contribution in [2.24, 2.45) is 0 Å². The van der Waals surface area contributed by atoms with E-state index in [4.69, 9.17) is 18.9 Å². The van der Waals surface area contributed by atoms with Crippen molar-refractivity contribution >= 4 is 33.4 Å². The lowest BCUT2D eigenvalue weighted by Crippen LogP contribution is -2.53. The lowest BCUT2D eigenvalue weighted by Gasteiger charge is -2.38. The Labute approximate surface area is 246 Å². The predicted molar refractivity (Wildman–Crippen MR) is 157 cm³/mol. The maximum absolute atomic E-state index is 13.8. The second-order valence-corrected chi connectivity index (χ2v) is 9.93. The first-order chi connectivity index (χ1) is 19.9. The first kappa shape index (κ1) is 27.9. The van der Waals surface area contributed by atoms with Gasteiger partial charge in [-0.15, -0.1) is 0 Å². The van der Waals surface area contributed by atoms with Gasteiger partial charge in [-0.05, 0) is 48.0 Å². The quantitative estimate of drug-likeness (QED) is 0.239. The zero-order valence-electron chi connectivity index (χ0n) is 22.6. The Morgan fingerprint density at radius 1 is 0.902 bits per heavy atom. The molecule has 2 N–H and O–H groups in total. The van der Waals surface area contributed by atoms with Crippen LogP contribution in [0.5, 0.6) is 23.0 Å². The van der Waals surface area contributed by atoms with Gasteiger partial charge in [0.25, 0.3) is 11.8 Å². The molecular formula is C31H28BrN3O6. The summed E-state index contributed by atoms with van der Waals surface area (Å²) >= 11 is 3.62. The summed E-state index contributed by atoms with van der Waals surface area (Å²) in [5, 5.41) is 4.66. The second kappa shape index (κ2) is 12.2. The van der Waals surface area contributed by atoms with Crippen LogP contribution in [0.4, 0.5) is 5.69 Å². The minimum absolute atomic E-state index is 0.212. The average Bonchev–Trinajstić information content (AvgIpc) is 3.01. The molecule has 0 aliphatic carbocycles. The number of fused-ring (bicyclic) bond motifs is 1. The molecule has 4 aromatic rings. The lowest BCUT2D eigenvalue weighted by atomic mass is 10.0. The molecule has 5 rings (SSSR count). The molecule has 1 aliphatic heterocycles. The number of carbonyl (C=O) groups is 2. The van der Waals surface area contributed by atoms with Gasteiger partial charge in [0.2, 0.25) is 5.75 Å². The Hall–Kier alpha value is -4.70. The third-order valence-electron chi connectivity index (χ3n) is 6.59. The molecule has 41 heavy (non-hydrogen) atoms. The first-order valence-electron chi connectivity index (χ1n) is 12.7. The van der Waals surface area contributed by atoms with Gasteiger partial charge in [-0.3, -0.25) is 15.0 Å². The van der Waals surface area contributed by atoms with E-state index in [1.165, 1.54) is 38.5 Å². The highest BCUT2D eigenvalue weighted by molar-refractivity contribution is 9.10. The number of ether oxygens (including phenoxy) is 4. The number of rotatable bonds is 9. The summed E-state index contributed by atoms with van der Waals surface area (Å²) in [6.45, 7) is 0.378. The van der Waals surface area contributed by atoms with Crippen LogP contribution in [0.25, 0.3) is 0 Å². The normalized spacial score (nSPS) is 14.0. The zero-order chi connectivity index (χ0) is 28.9. The van der Waals surface area contributed by atoms with Gasteiger partial charge in [-0.1, -0.05) is 58.4 Å². The van der Waals surface area contributed by atoms with E-state index in [9.17, 15) is 9.59 Å². The summed E-state index contributed by atoms with van der Waals surface area (Å²) in [5.74, 6) is 0.659. The van der Waals surface area contributed by atoms with Crippen LogP contribution in [0, 0.1) is 0 Å². The summed E-state index contributed by atoms with van der Waals surface area (Å²) in [6, 6.07) is 25.5. The molecule has 0 spiro atoms. The number of halogens is 1. The number of nitrogens with one attached hydrogen (secondary N) is 2. The van der Waals surface area contributed by atoms with E-state index in [0.717, 1.165) is 10.0 Å². The van der Waals surface area contributed by atoms with Crippen LogP contribution < -0.4 is 29.7 Å². The van der Waals surface area contributed by atoms with Crippen LogP contribution in [0.15, 0.2) is 89.4 Å². The SMILES string of the molecule is COc1cc(C(=O)NN2C(=O)c3ccccc3N[C@H]2c2cc(OCc3ccccc3)ccc2Br)cc(OC)c1OC. The Morgan fingerprint density at radius 2 is 1.59 bits per heavy atom. The molecule has 0 saturated carbocycles. The third kappa shape index (κ3) is 5.78. The molecule has 2 amide bonds. The molecule has 0 saturated heterocycles. The van der Waals surface area contributed by atoms with Crippen molar-refractivity contribution in [3.63, 3.8) is 0 Å². The van der Waals surface area contributed by atoms with E-state index in [-0.39, 0.29) is 11.5 Å². The Morgan fingerprint density at radius 3 is 2.27 bits per heavy atom. The summed E-state index contributed by atoms with van der Waals surface area (Å²) in [7, 11) is 4.42. The van der Waals surface area contributed by atoms with E-state index in [2.05, 4.69) is 26.7 Å². The molecule has 0 aromatic heterocycles. The monoisotopic (exact) mass is 617 g/mol. The van der Waals surface area contributed by atoms with Crippen molar-refractivity contribution in [1.29, 1.82) is 0 Å². The number of benzene rings is 4. The van der Waals surface area contributed by atoms with Crippen LogP contribution in [0.1, 0.15) is 38.0 Å². The summed E-state index contributed by atoms with van der Waals surface area (Å²) in [4.78, 5) is 27.3. The van der Waals surface area contributed by atoms with Crippen LogP contribution in [0.2, 0.25) is 0 Å². The van der Waals surface area contributed by atoms with Crippen molar-refractivity contribution in [3.8, 4) is 23.0 Å². The molecule has 1 aliphatic rings.